The van der Waals surface area contributed by atoms with E-state index in [9.17, 15) is 14.7 Å². The average molecular weight is 479 g/mol. The van der Waals surface area contributed by atoms with Crippen molar-refractivity contribution in [2.75, 3.05) is 0 Å². The van der Waals surface area contributed by atoms with E-state index < -0.39 is 11.9 Å². The Balaban J connectivity index is -0.000000596. The van der Waals surface area contributed by atoms with Gasteiger partial charge in [0.25, 0.3) is 0 Å². The maximum absolute atomic E-state index is 10.3. The van der Waals surface area contributed by atoms with E-state index in [0.29, 0.717) is 11.8 Å². The van der Waals surface area contributed by atoms with E-state index in [1.807, 2.05) is 0 Å². The summed E-state index contributed by atoms with van der Waals surface area (Å²) in [7, 11) is 0. The Labute approximate surface area is 228 Å². The van der Waals surface area contributed by atoms with Crippen LogP contribution in [0.4, 0.5) is 0 Å². The second-order valence-corrected chi connectivity index (χ2v) is 10.6. The molecule has 0 spiro atoms. The minimum atomic E-state index is -0.925. The number of hydrogen-bond donors (Lipinski definition) is 1. The van der Waals surface area contributed by atoms with Gasteiger partial charge in [-0.2, -0.15) is 0 Å². The number of carboxylic acids is 2. The van der Waals surface area contributed by atoms with Crippen LogP contribution in [0.2, 0.25) is 0 Å². The van der Waals surface area contributed by atoms with Gasteiger partial charge in [0.15, 0.2) is 0 Å². The molecule has 0 aliphatic carbocycles. The van der Waals surface area contributed by atoms with Gasteiger partial charge >= 0.3 is 35.5 Å². The molecule has 0 aromatic carbocycles. The van der Waals surface area contributed by atoms with Gasteiger partial charge in [-0.3, -0.25) is 4.79 Å². The summed E-state index contributed by atoms with van der Waals surface area (Å²) in [6, 6.07) is 0. The minimum Gasteiger partial charge on any atom is -0.550 e. The van der Waals surface area contributed by atoms with Gasteiger partial charge in [-0.1, -0.05) is 130 Å². The van der Waals surface area contributed by atoms with E-state index >= 15 is 0 Å². The maximum Gasteiger partial charge on any atom is 1.00 e. The molecule has 5 heteroatoms. The van der Waals surface area contributed by atoms with Gasteiger partial charge in [0.05, 0.1) is 0 Å². The van der Waals surface area contributed by atoms with Gasteiger partial charge in [0, 0.05) is 12.4 Å². The summed E-state index contributed by atoms with van der Waals surface area (Å²) in [6.45, 7) is 8.87. The van der Waals surface area contributed by atoms with Gasteiger partial charge in [-0.05, 0) is 31.1 Å². The quantitative estimate of drug-likeness (QED) is 0.185. The SMILES string of the molecule is CC(C)(C)CCCCCC(=O)[O-].CCCCCCCCCCCCCCCCCC(=O)O.[Na+]. The molecule has 0 aromatic heterocycles. The average Bonchev–Trinajstić information content (AvgIpc) is 2.70. The van der Waals surface area contributed by atoms with Gasteiger partial charge < -0.3 is 15.0 Å². The molecule has 0 radical (unpaired) electrons. The van der Waals surface area contributed by atoms with Crippen LogP contribution < -0.4 is 34.7 Å². The summed E-state index contributed by atoms with van der Waals surface area (Å²) in [5.41, 5.74) is 0.376. The van der Waals surface area contributed by atoms with Crippen LogP contribution in [0.15, 0.2) is 0 Å². The molecule has 0 rings (SSSR count). The molecule has 0 saturated heterocycles. The second-order valence-electron chi connectivity index (χ2n) is 10.6. The molecular formula is C28H55NaO4. The van der Waals surface area contributed by atoms with Gasteiger partial charge in [0.2, 0.25) is 0 Å². The van der Waals surface area contributed by atoms with Crippen LogP contribution in [0.1, 0.15) is 163 Å². The van der Waals surface area contributed by atoms with Crippen molar-refractivity contribution in [3.05, 3.63) is 0 Å². The normalized spacial score (nSPS) is 10.8. The van der Waals surface area contributed by atoms with Crippen molar-refractivity contribution in [3.63, 3.8) is 0 Å². The summed E-state index contributed by atoms with van der Waals surface area (Å²) in [5, 5.41) is 18.6. The summed E-state index contributed by atoms with van der Waals surface area (Å²) < 4.78 is 0. The number of aliphatic carboxylic acids is 2. The third-order valence-electron chi connectivity index (χ3n) is 5.80. The first-order chi connectivity index (χ1) is 15.2. The van der Waals surface area contributed by atoms with Crippen LogP contribution in [0, 0.1) is 5.41 Å². The molecule has 0 amide bonds. The molecule has 1 N–H and O–H groups in total. The van der Waals surface area contributed by atoms with Crippen LogP contribution in [0.25, 0.3) is 0 Å². The third-order valence-corrected chi connectivity index (χ3v) is 5.80. The van der Waals surface area contributed by atoms with Crippen LogP contribution >= 0.6 is 0 Å². The number of rotatable bonds is 21. The Bertz CT molecular complexity index is 419. The number of hydrogen-bond acceptors (Lipinski definition) is 3. The first kappa shape index (κ1) is 37.5. The number of unbranched alkanes of at least 4 members (excludes halogenated alkanes) is 16. The molecular weight excluding hydrogens is 423 g/mol. The van der Waals surface area contributed by atoms with E-state index in [1.54, 1.807) is 0 Å². The van der Waals surface area contributed by atoms with Crippen molar-refractivity contribution in [1.82, 2.24) is 0 Å². The molecule has 0 unspecified atom stereocenters. The van der Waals surface area contributed by atoms with Gasteiger partial charge in [-0.25, -0.2) is 0 Å². The molecule has 0 aliphatic heterocycles. The number of carbonyl (C=O) groups is 2. The summed E-state index contributed by atoms with van der Waals surface area (Å²) in [4.78, 5) is 20.4. The Kier molecular flexibility index (Phi) is 32.0. The molecule has 0 fully saturated rings. The van der Waals surface area contributed by atoms with E-state index in [-0.39, 0.29) is 36.0 Å². The second kappa shape index (κ2) is 28.2. The number of carbonyl (C=O) groups excluding carboxylic acids is 1. The topological polar surface area (TPSA) is 77.4 Å². The zero-order valence-corrected chi connectivity index (χ0v) is 25.0. The van der Waals surface area contributed by atoms with E-state index in [4.69, 9.17) is 5.11 Å². The van der Waals surface area contributed by atoms with Crippen molar-refractivity contribution < 1.29 is 49.4 Å². The maximum atomic E-state index is 10.3. The predicted molar refractivity (Wildman–Crippen MR) is 135 cm³/mol. The van der Waals surface area contributed by atoms with Crippen LogP contribution in [0.5, 0.6) is 0 Å². The monoisotopic (exact) mass is 478 g/mol. The molecule has 4 nitrogen and oxygen atoms in total. The summed E-state index contributed by atoms with van der Waals surface area (Å²) >= 11 is 0. The van der Waals surface area contributed by atoms with E-state index in [2.05, 4.69) is 27.7 Å². The molecule has 33 heavy (non-hydrogen) atoms. The Morgan fingerprint density at radius 1 is 0.606 bits per heavy atom. The van der Waals surface area contributed by atoms with Crippen molar-refractivity contribution in [2.45, 2.75) is 163 Å². The Morgan fingerprint density at radius 2 is 0.939 bits per heavy atom. The predicted octanol–water partition coefficient (Wildman–Crippen LogP) is 5.07. The fraction of sp³-hybridized carbons (Fsp3) is 0.929. The fourth-order valence-corrected chi connectivity index (χ4v) is 3.75. The molecule has 0 atom stereocenters. The first-order valence-corrected chi connectivity index (χ1v) is 13.6. The van der Waals surface area contributed by atoms with Crippen LogP contribution in [-0.2, 0) is 9.59 Å². The molecule has 0 bridgehead atoms. The standard InChI is InChI=1S/C18H36O2.C10H20O2.Na/c1-2-3-4-5-6-7-8-9-10-11-12-13-14-15-16-17-18(19)20;1-10(2,3)8-6-4-5-7-9(11)12;/h2-17H2,1H3,(H,19,20);4-8H2,1-3H3,(H,11,12);/q;;+1/p-1. The summed E-state index contributed by atoms with van der Waals surface area (Å²) in [5.74, 6) is -1.58. The Morgan fingerprint density at radius 3 is 1.27 bits per heavy atom. The summed E-state index contributed by atoms with van der Waals surface area (Å²) in [6.07, 6.45) is 24.5. The first-order valence-electron chi connectivity index (χ1n) is 13.6. The zero-order chi connectivity index (χ0) is 24.5. The zero-order valence-electron chi connectivity index (χ0n) is 23.0. The van der Waals surface area contributed by atoms with Crippen LogP contribution in [0.3, 0.4) is 0 Å². The fourth-order valence-electron chi connectivity index (χ4n) is 3.75. The van der Waals surface area contributed by atoms with Gasteiger partial charge in [0.1, 0.15) is 0 Å². The Hall–Kier alpha value is -0.0600. The smallest absolute Gasteiger partial charge is 0.550 e. The van der Waals surface area contributed by atoms with E-state index in [1.165, 1.54) is 89.9 Å². The molecule has 0 aliphatic rings. The van der Waals surface area contributed by atoms with Crippen molar-refractivity contribution in [1.29, 1.82) is 0 Å². The van der Waals surface area contributed by atoms with E-state index in [0.717, 1.165) is 32.1 Å². The molecule has 0 saturated carbocycles. The largest absolute Gasteiger partial charge is 1.00 e. The molecule has 192 valence electrons. The van der Waals surface area contributed by atoms with Crippen molar-refractivity contribution >= 4 is 11.9 Å². The number of carboxylic acid groups (broad SMARTS) is 2. The third kappa shape index (κ3) is 42.5. The van der Waals surface area contributed by atoms with Crippen molar-refractivity contribution in [2.24, 2.45) is 5.41 Å². The van der Waals surface area contributed by atoms with Crippen molar-refractivity contribution in [3.8, 4) is 0 Å². The molecule has 0 aromatic rings. The van der Waals surface area contributed by atoms with Crippen LogP contribution in [-0.4, -0.2) is 17.0 Å². The van der Waals surface area contributed by atoms with Gasteiger partial charge in [-0.15, -0.1) is 0 Å². The molecule has 0 heterocycles. The minimum absolute atomic E-state index is 0.